The molecule has 8 nitrogen and oxygen atoms in total. The number of carbonyl (C=O) groups is 1. The number of rotatable bonds is 6. The maximum Gasteiger partial charge on any atom is 0.263 e. The Labute approximate surface area is 179 Å². The molecule has 0 saturated heterocycles. The molecule has 0 atom stereocenters. The molecule has 0 radical (unpaired) electrons. The average Bonchev–Trinajstić information content (AvgIpc) is 3.23. The van der Waals surface area contributed by atoms with Crippen molar-refractivity contribution in [2.45, 2.75) is 20.0 Å². The van der Waals surface area contributed by atoms with E-state index in [-0.39, 0.29) is 30.4 Å². The third kappa shape index (κ3) is 4.23. The van der Waals surface area contributed by atoms with Crippen molar-refractivity contribution in [1.82, 2.24) is 14.5 Å². The first-order chi connectivity index (χ1) is 15.0. The highest BCUT2D eigenvalue weighted by molar-refractivity contribution is 5.95. The Bertz CT molecular complexity index is 1190. The lowest BCUT2D eigenvalue weighted by Gasteiger charge is -2.19. The fourth-order valence-corrected chi connectivity index (χ4v) is 3.46. The van der Waals surface area contributed by atoms with E-state index in [1.165, 1.54) is 9.47 Å². The normalized spacial score (nSPS) is 12.0. The van der Waals surface area contributed by atoms with Gasteiger partial charge >= 0.3 is 0 Å². The van der Waals surface area contributed by atoms with Gasteiger partial charge in [0.15, 0.2) is 11.5 Å². The third-order valence-electron chi connectivity index (χ3n) is 5.15. The number of aryl methyl sites for hydroxylation is 1. The summed E-state index contributed by atoms with van der Waals surface area (Å²) >= 11 is 0. The summed E-state index contributed by atoms with van der Waals surface area (Å²) in [5.74, 6) is 1.64. The Hall–Kier alpha value is -3.81. The Morgan fingerprint density at radius 1 is 1.19 bits per heavy atom. The highest BCUT2D eigenvalue weighted by Crippen LogP contribution is 2.32. The molecule has 1 aliphatic rings. The van der Waals surface area contributed by atoms with Gasteiger partial charge in [0, 0.05) is 25.5 Å². The average molecular weight is 421 g/mol. The number of fused-ring (bicyclic) bond motifs is 1. The van der Waals surface area contributed by atoms with Gasteiger partial charge in [-0.15, -0.1) is 0 Å². The van der Waals surface area contributed by atoms with Crippen LogP contribution in [0.15, 0.2) is 53.6 Å². The van der Waals surface area contributed by atoms with Crippen molar-refractivity contribution >= 4 is 5.91 Å². The summed E-state index contributed by atoms with van der Waals surface area (Å²) in [7, 11) is 3.22. The van der Waals surface area contributed by atoms with E-state index in [9.17, 15) is 9.59 Å². The van der Waals surface area contributed by atoms with Crippen LogP contribution < -0.4 is 19.8 Å². The van der Waals surface area contributed by atoms with Crippen molar-refractivity contribution in [1.29, 1.82) is 0 Å². The number of hydrogen-bond donors (Lipinski definition) is 0. The van der Waals surface area contributed by atoms with E-state index in [2.05, 4.69) is 4.98 Å². The van der Waals surface area contributed by atoms with Crippen molar-refractivity contribution in [2.75, 3.05) is 21.0 Å². The van der Waals surface area contributed by atoms with Crippen molar-refractivity contribution in [3.63, 3.8) is 0 Å². The maximum absolute atomic E-state index is 13.2. The smallest absolute Gasteiger partial charge is 0.263 e. The molecule has 0 saturated carbocycles. The van der Waals surface area contributed by atoms with Crippen LogP contribution in [0.1, 0.15) is 27.2 Å². The van der Waals surface area contributed by atoms with E-state index in [1.807, 2.05) is 18.2 Å². The predicted octanol–water partition coefficient (Wildman–Crippen LogP) is 2.61. The molecule has 1 amide bonds. The van der Waals surface area contributed by atoms with E-state index < -0.39 is 0 Å². The summed E-state index contributed by atoms with van der Waals surface area (Å²) in [5.41, 5.74) is 1.98. The molecule has 8 heteroatoms. The molecule has 0 N–H and O–H groups in total. The second-order valence-electron chi connectivity index (χ2n) is 7.34. The van der Waals surface area contributed by atoms with Gasteiger partial charge in [-0.25, -0.2) is 0 Å². The topological polar surface area (TPSA) is 82.9 Å². The zero-order chi connectivity index (χ0) is 22.0. The number of carbonyl (C=O) groups excluding carboxylic acids is 1. The van der Waals surface area contributed by atoms with Crippen LogP contribution in [0, 0.1) is 6.92 Å². The van der Waals surface area contributed by atoms with E-state index >= 15 is 0 Å². The quantitative estimate of drug-likeness (QED) is 0.609. The number of pyridine rings is 2. The third-order valence-corrected chi connectivity index (χ3v) is 5.15. The van der Waals surface area contributed by atoms with Crippen LogP contribution in [0.25, 0.3) is 0 Å². The first-order valence-corrected chi connectivity index (χ1v) is 9.79. The molecular formula is C23H23N3O5. The highest BCUT2D eigenvalue weighted by Gasteiger charge is 2.21. The molecule has 1 aromatic carbocycles. The molecule has 3 aromatic rings. The van der Waals surface area contributed by atoms with Crippen LogP contribution in [0.2, 0.25) is 0 Å². The fraction of sp³-hybridized carbons (Fsp3) is 0.261. The SMILES string of the molecule is COc1ccnc(CN(C)C(=O)c2c(C)ccn(Cc3ccc4c(c3)OCO4)c2=O)c1. The monoisotopic (exact) mass is 421 g/mol. The standard InChI is InChI=1S/C23H23N3O5/c1-15-7-9-26(12-16-4-5-19-20(10-16)31-14-30-19)23(28)21(15)22(27)25(2)13-17-11-18(29-3)6-8-24-17/h4-11H,12-14H2,1-3H3. The number of nitrogens with zero attached hydrogens (tertiary/aromatic N) is 3. The molecule has 4 rings (SSSR count). The van der Waals surface area contributed by atoms with E-state index in [1.54, 1.807) is 51.7 Å². The zero-order valence-electron chi connectivity index (χ0n) is 17.6. The summed E-state index contributed by atoms with van der Waals surface area (Å²) < 4.78 is 17.5. The summed E-state index contributed by atoms with van der Waals surface area (Å²) in [6.45, 7) is 2.52. The van der Waals surface area contributed by atoms with Gasteiger partial charge in [-0.1, -0.05) is 6.07 Å². The molecule has 0 spiro atoms. The lowest BCUT2D eigenvalue weighted by atomic mass is 10.1. The first kappa shape index (κ1) is 20.5. The van der Waals surface area contributed by atoms with Crippen molar-refractivity contribution in [3.05, 3.63) is 81.5 Å². The highest BCUT2D eigenvalue weighted by atomic mass is 16.7. The summed E-state index contributed by atoms with van der Waals surface area (Å²) in [4.78, 5) is 32.0. The lowest BCUT2D eigenvalue weighted by molar-refractivity contribution is 0.0780. The van der Waals surface area contributed by atoms with Gasteiger partial charge < -0.3 is 23.7 Å². The summed E-state index contributed by atoms with van der Waals surface area (Å²) in [6.07, 6.45) is 3.32. The van der Waals surface area contributed by atoms with Crippen molar-refractivity contribution in [2.24, 2.45) is 0 Å². The minimum absolute atomic E-state index is 0.147. The van der Waals surface area contributed by atoms with E-state index in [0.717, 1.165) is 5.56 Å². The van der Waals surface area contributed by atoms with E-state index in [4.69, 9.17) is 14.2 Å². The van der Waals surface area contributed by atoms with Crippen LogP contribution in [-0.4, -0.2) is 41.3 Å². The number of aromatic nitrogens is 2. The van der Waals surface area contributed by atoms with Crippen LogP contribution in [0.3, 0.4) is 0 Å². The molecule has 0 aliphatic carbocycles. The Balaban J connectivity index is 1.57. The molecule has 3 heterocycles. The van der Waals surface area contributed by atoms with Crippen molar-refractivity contribution < 1.29 is 19.0 Å². The van der Waals surface area contributed by atoms with Crippen LogP contribution in [0.4, 0.5) is 0 Å². The first-order valence-electron chi connectivity index (χ1n) is 9.79. The van der Waals surface area contributed by atoms with E-state index in [0.29, 0.717) is 35.1 Å². The van der Waals surface area contributed by atoms with Gasteiger partial charge in [-0.2, -0.15) is 0 Å². The number of benzene rings is 1. The van der Waals surface area contributed by atoms with Gasteiger partial charge in [0.25, 0.3) is 11.5 Å². The Morgan fingerprint density at radius 2 is 2.00 bits per heavy atom. The maximum atomic E-state index is 13.2. The van der Waals surface area contributed by atoms with Gasteiger partial charge in [0.1, 0.15) is 11.3 Å². The second kappa shape index (κ2) is 8.51. The molecule has 2 aromatic heterocycles. The van der Waals surface area contributed by atoms with Gasteiger partial charge in [-0.05, 0) is 42.3 Å². The van der Waals surface area contributed by atoms with Crippen LogP contribution in [0.5, 0.6) is 17.2 Å². The van der Waals surface area contributed by atoms with Crippen molar-refractivity contribution in [3.8, 4) is 17.2 Å². The number of amides is 1. The Kier molecular flexibility index (Phi) is 5.62. The van der Waals surface area contributed by atoms with Crippen LogP contribution >= 0.6 is 0 Å². The fourth-order valence-electron chi connectivity index (χ4n) is 3.46. The number of methoxy groups -OCH3 is 1. The minimum atomic E-state index is -0.354. The zero-order valence-corrected chi connectivity index (χ0v) is 17.6. The summed E-state index contributed by atoms with van der Waals surface area (Å²) in [5, 5.41) is 0. The number of ether oxygens (including phenoxy) is 3. The van der Waals surface area contributed by atoms with Gasteiger partial charge in [-0.3, -0.25) is 14.6 Å². The van der Waals surface area contributed by atoms with Crippen LogP contribution in [-0.2, 0) is 13.1 Å². The second-order valence-corrected chi connectivity index (χ2v) is 7.34. The Morgan fingerprint density at radius 3 is 2.81 bits per heavy atom. The van der Waals surface area contributed by atoms with Gasteiger partial charge in [0.05, 0.1) is 25.9 Å². The predicted molar refractivity (Wildman–Crippen MR) is 114 cm³/mol. The number of hydrogen-bond acceptors (Lipinski definition) is 6. The molecule has 0 bridgehead atoms. The molecule has 160 valence electrons. The molecule has 0 fully saturated rings. The lowest BCUT2D eigenvalue weighted by Crippen LogP contribution is -2.35. The molecular weight excluding hydrogens is 398 g/mol. The molecule has 0 unspecified atom stereocenters. The molecule has 1 aliphatic heterocycles. The largest absolute Gasteiger partial charge is 0.497 e. The van der Waals surface area contributed by atoms with Gasteiger partial charge in [0.2, 0.25) is 6.79 Å². The summed E-state index contributed by atoms with van der Waals surface area (Å²) in [6, 6.07) is 10.8. The molecule has 31 heavy (non-hydrogen) atoms. The minimum Gasteiger partial charge on any atom is -0.497 e.